The summed E-state index contributed by atoms with van der Waals surface area (Å²) in [6, 6.07) is 0. The Labute approximate surface area is 56.6 Å². The highest BCUT2D eigenvalue weighted by atomic mass is 14.4. The third-order valence-electron chi connectivity index (χ3n) is 1.25. The molecule has 0 aliphatic rings. The average molecular weight is 123 g/mol. The monoisotopic (exact) mass is 123 g/mol. The molecule has 0 saturated heterocycles. The molecule has 0 aromatic heterocycles. The van der Waals surface area contributed by atoms with E-state index >= 15 is 0 Å². The zero-order chi connectivity index (χ0) is 7.44. The van der Waals surface area contributed by atoms with Crippen LogP contribution in [0.4, 0.5) is 0 Å². The molecule has 1 nitrogen and oxygen atoms in total. The predicted molar refractivity (Wildman–Crippen MR) is 42.0 cm³/mol. The summed E-state index contributed by atoms with van der Waals surface area (Å²) in [4.78, 5) is 0. The smallest absolute Gasteiger partial charge is 0.0588 e. The Kier molecular flexibility index (Phi) is 2.93. The Balaban J connectivity index is 4.23. The average Bonchev–Trinajstić information content (AvgIpc) is 1.84. The van der Waals surface area contributed by atoms with E-state index in [1.807, 2.05) is 26.8 Å². The van der Waals surface area contributed by atoms with Crippen LogP contribution in [-0.2, 0) is 0 Å². The van der Waals surface area contributed by atoms with Gasteiger partial charge >= 0.3 is 0 Å². The van der Waals surface area contributed by atoms with E-state index in [2.05, 4.69) is 6.58 Å². The fourth-order valence-corrected chi connectivity index (χ4v) is 0.481. The van der Waals surface area contributed by atoms with Crippen molar-refractivity contribution in [1.82, 2.24) is 0 Å². The quantitative estimate of drug-likeness (QED) is 0.546. The number of allylic oxidation sites excluding steroid dienone is 3. The van der Waals surface area contributed by atoms with Gasteiger partial charge in [-0.2, -0.15) is 0 Å². The standard InChI is InChI=1S/C8H13N/c1-5-7(4)8(9)6(2)3/h5,9H,2H2,1,3-4H3/b7-5+,9-8?. The van der Waals surface area contributed by atoms with Crippen LogP contribution >= 0.6 is 0 Å². The van der Waals surface area contributed by atoms with Gasteiger partial charge in [-0.3, -0.25) is 0 Å². The summed E-state index contributed by atoms with van der Waals surface area (Å²) >= 11 is 0. The molecule has 0 fully saturated rings. The molecule has 1 heteroatoms. The first-order valence-electron chi connectivity index (χ1n) is 2.97. The van der Waals surface area contributed by atoms with E-state index in [1.54, 1.807) is 0 Å². The van der Waals surface area contributed by atoms with Crippen LogP contribution in [0.25, 0.3) is 0 Å². The van der Waals surface area contributed by atoms with E-state index in [9.17, 15) is 0 Å². The molecule has 0 saturated carbocycles. The van der Waals surface area contributed by atoms with Gasteiger partial charge in [0.25, 0.3) is 0 Å². The summed E-state index contributed by atoms with van der Waals surface area (Å²) in [5.41, 5.74) is 2.37. The molecule has 0 heterocycles. The molecule has 50 valence electrons. The molecule has 0 radical (unpaired) electrons. The van der Waals surface area contributed by atoms with Crippen molar-refractivity contribution < 1.29 is 0 Å². The molecule has 0 rings (SSSR count). The van der Waals surface area contributed by atoms with Gasteiger partial charge in [0, 0.05) is 0 Å². The Morgan fingerprint density at radius 3 is 2.00 bits per heavy atom. The molecule has 9 heavy (non-hydrogen) atoms. The van der Waals surface area contributed by atoms with Crippen LogP contribution in [0.5, 0.6) is 0 Å². The molecule has 0 aromatic carbocycles. The normalized spacial score (nSPS) is 11.2. The second-order valence-electron chi connectivity index (χ2n) is 2.13. The van der Waals surface area contributed by atoms with Crippen LogP contribution in [0, 0.1) is 5.41 Å². The third kappa shape index (κ3) is 2.27. The van der Waals surface area contributed by atoms with Gasteiger partial charge in [0.1, 0.15) is 0 Å². The van der Waals surface area contributed by atoms with Gasteiger partial charge in [-0.05, 0) is 31.9 Å². The van der Waals surface area contributed by atoms with Gasteiger partial charge in [0.05, 0.1) is 5.71 Å². The van der Waals surface area contributed by atoms with E-state index in [0.29, 0.717) is 5.71 Å². The predicted octanol–water partition coefficient (Wildman–Crippen LogP) is 2.55. The lowest BCUT2D eigenvalue weighted by molar-refractivity contribution is 1.39. The third-order valence-corrected chi connectivity index (χ3v) is 1.25. The van der Waals surface area contributed by atoms with Crippen molar-refractivity contribution in [2.24, 2.45) is 0 Å². The summed E-state index contributed by atoms with van der Waals surface area (Å²) in [6.07, 6.45) is 1.91. The number of hydrogen-bond donors (Lipinski definition) is 1. The fraction of sp³-hybridized carbons (Fsp3) is 0.375. The lowest BCUT2D eigenvalue weighted by Crippen LogP contribution is -1.97. The van der Waals surface area contributed by atoms with Gasteiger partial charge in [0.2, 0.25) is 0 Å². The molecule has 0 aliphatic heterocycles. The van der Waals surface area contributed by atoms with Crippen molar-refractivity contribution >= 4 is 5.71 Å². The van der Waals surface area contributed by atoms with Crippen LogP contribution in [-0.4, -0.2) is 5.71 Å². The highest BCUT2D eigenvalue weighted by molar-refractivity contribution is 6.08. The Morgan fingerprint density at radius 2 is 1.89 bits per heavy atom. The largest absolute Gasteiger partial charge is 0.300 e. The fourth-order valence-electron chi connectivity index (χ4n) is 0.481. The zero-order valence-electron chi connectivity index (χ0n) is 6.28. The van der Waals surface area contributed by atoms with E-state index < -0.39 is 0 Å². The maximum Gasteiger partial charge on any atom is 0.0588 e. The summed E-state index contributed by atoms with van der Waals surface area (Å²) in [7, 11) is 0. The lowest BCUT2D eigenvalue weighted by atomic mass is 10.1. The lowest BCUT2D eigenvalue weighted by Gasteiger charge is -1.99. The van der Waals surface area contributed by atoms with Crippen LogP contribution in [0.1, 0.15) is 20.8 Å². The molecule has 0 bridgehead atoms. The molecule has 0 amide bonds. The minimum atomic E-state index is 0.553. The molecular weight excluding hydrogens is 110 g/mol. The molecular formula is C8H13N. The van der Waals surface area contributed by atoms with Crippen molar-refractivity contribution in [3.05, 3.63) is 23.8 Å². The minimum Gasteiger partial charge on any atom is -0.300 e. The molecule has 0 unspecified atom stereocenters. The zero-order valence-corrected chi connectivity index (χ0v) is 6.28. The second-order valence-corrected chi connectivity index (χ2v) is 2.13. The van der Waals surface area contributed by atoms with Gasteiger partial charge in [0.15, 0.2) is 0 Å². The summed E-state index contributed by atoms with van der Waals surface area (Å²) in [5.74, 6) is 0. The molecule has 0 atom stereocenters. The van der Waals surface area contributed by atoms with Gasteiger partial charge < -0.3 is 5.41 Å². The van der Waals surface area contributed by atoms with Crippen molar-refractivity contribution in [3.63, 3.8) is 0 Å². The van der Waals surface area contributed by atoms with E-state index in [1.165, 1.54) is 0 Å². The topological polar surface area (TPSA) is 23.9 Å². The van der Waals surface area contributed by atoms with Crippen molar-refractivity contribution in [3.8, 4) is 0 Å². The van der Waals surface area contributed by atoms with Crippen LogP contribution in [0.15, 0.2) is 23.8 Å². The van der Waals surface area contributed by atoms with Crippen molar-refractivity contribution in [1.29, 1.82) is 5.41 Å². The SMILES string of the molecule is C=C(C)C(=N)/C(C)=C/C. The van der Waals surface area contributed by atoms with Gasteiger partial charge in [-0.1, -0.05) is 12.7 Å². The van der Waals surface area contributed by atoms with E-state index in [-0.39, 0.29) is 0 Å². The van der Waals surface area contributed by atoms with Crippen molar-refractivity contribution in [2.45, 2.75) is 20.8 Å². The Hall–Kier alpha value is -0.850. The number of hydrogen-bond acceptors (Lipinski definition) is 1. The first-order valence-corrected chi connectivity index (χ1v) is 2.97. The first kappa shape index (κ1) is 8.15. The van der Waals surface area contributed by atoms with Crippen molar-refractivity contribution in [2.75, 3.05) is 0 Å². The molecule has 0 aliphatic carbocycles. The first-order chi connectivity index (χ1) is 4.09. The summed E-state index contributed by atoms with van der Waals surface area (Å²) in [6.45, 7) is 9.34. The van der Waals surface area contributed by atoms with Gasteiger partial charge in [-0.25, -0.2) is 0 Å². The Morgan fingerprint density at radius 1 is 1.44 bits per heavy atom. The van der Waals surface area contributed by atoms with Crippen LogP contribution in [0.3, 0.4) is 0 Å². The maximum absolute atomic E-state index is 7.38. The van der Waals surface area contributed by atoms with Crippen LogP contribution < -0.4 is 0 Å². The number of rotatable bonds is 2. The highest BCUT2D eigenvalue weighted by Crippen LogP contribution is 2.01. The Bertz CT molecular complexity index is 163. The highest BCUT2D eigenvalue weighted by Gasteiger charge is 1.96. The maximum atomic E-state index is 7.38. The van der Waals surface area contributed by atoms with E-state index in [0.717, 1.165) is 11.1 Å². The van der Waals surface area contributed by atoms with Gasteiger partial charge in [-0.15, -0.1) is 0 Å². The second kappa shape index (κ2) is 3.23. The molecule has 0 aromatic rings. The summed E-state index contributed by atoms with van der Waals surface area (Å²) in [5, 5.41) is 7.38. The van der Waals surface area contributed by atoms with E-state index in [4.69, 9.17) is 5.41 Å². The number of nitrogens with one attached hydrogen (secondary N) is 1. The molecule has 1 N–H and O–H groups in total. The minimum absolute atomic E-state index is 0.553. The molecule has 0 spiro atoms. The van der Waals surface area contributed by atoms with Crippen LogP contribution in [0.2, 0.25) is 0 Å². The summed E-state index contributed by atoms with van der Waals surface area (Å²) < 4.78 is 0.